The maximum Gasteiger partial charge on any atom is 0.418 e. The first-order valence-corrected chi connectivity index (χ1v) is 6.76. The van der Waals surface area contributed by atoms with Crippen LogP contribution in [0.1, 0.15) is 28.4 Å². The van der Waals surface area contributed by atoms with Crippen molar-refractivity contribution in [2.45, 2.75) is 18.6 Å². The van der Waals surface area contributed by atoms with E-state index in [-0.39, 0.29) is 11.6 Å². The quantitative estimate of drug-likeness (QED) is 0.856. The molecular formula is C14H13F3N4O. The van der Waals surface area contributed by atoms with Gasteiger partial charge in [0.1, 0.15) is 0 Å². The van der Waals surface area contributed by atoms with Crippen LogP contribution in [0.25, 0.3) is 0 Å². The molecule has 0 aromatic carbocycles. The molecule has 1 unspecified atom stereocenters. The molecule has 3 heterocycles. The second-order valence-electron chi connectivity index (χ2n) is 5.10. The number of hydrogen-bond donors (Lipinski definition) is 0. The highest BCUT2D eigenvalue weighted by molar-refractivity contribution is 5.96. The van der Waals surface area contributed by atoms with Crippen LogP contribution in [-0.2, 0) is 6.18 Å². The number of halogens is 3. The number of alkyl halides is 3. The van der Waals surface area contributed by atoms with Gasteiger partial charge in [-0.3, -0.25) is 14.5 Å². The Morgan fingerprint density at radius 3 is 2.82 bits per heavy atom. The van der Waals surface area contributed by atoms with E-state index in [1.165, 1.54) is 11.1 Å². The van der Waals surface area contributed by atoms with Gasteiger partial charge in [-0.25, -0.2) is 0 Å². The molecule has 0 radical (unpaired) electrons. The minimum absolute atomic E-state index is 0.00451. The van der Waals surface area contributed by atoms with Gasteiger partial charge >= 0.3 is 6.18 Å². The fourth-order valence-corrected chi connectivity index (χ4v) is 2.62. The fraction of sp³-hybridized carbons (Fsp3) is 0.357. The molecule has 0 bridgehead atoms. The summed E-state index contributed by atoms with van der Waals surface area (Å²) in [5.41, 5.74) is -1.36. The van der Waals surface area contributed by atoms with Crippen molar-refractivity contribution >= 4 is 5.91 Å². The van der Waals surface area contributed by atoms with E-state index in [1.807, 2.05) is 0 Å². The van der Waals surface area contributed by atoms with Gasteiger partial charge < -0.3 is 4.90 Å². The Hall–Kier alpha value is -2.38. The van der Waals surface area contributed by atoms with E-state index >= 15 is 0 Å². The first kappa shape index (κ1) is 14.6. The zero-order chi connectivity index (χ0) is 15.7. The van der Waals surface area contributed by atoms with Gasteiger partial charge in [0, 0.05) is 37.9 Å². The van der Waals surface area contributed by atoms with E-state index in [2.05, 4.69) is 10.1 Å². The van der Waals surface area contributed by atoms with Crippen molar-refractivity contribution in [1.29, 1.82) is 0 Å². The molecule has 0 spiro atoms. The summed E-state index contributed by atoms with van der Waals surface area (Å²) in [7, 11) is 0. The highest BCUT2D eigenvalue weighted by Gasteiger charge is 2.38. The lowest BCUT2D eigenvalue weighted by Crippen LogP contribution is -2.31. The van der Waals surface area contributed by atoms with Gasteiger partial charge in [0.05, 0.1) is 17.2 Å². The average molecular weight is 310 g/mol. The van der Waals surface area contributed by atoms with Crippen LogP contribution in [0.15, 0.2) is 36.9 Å². The highest BCUT2D eigenvalue weighted by atomic mass is 19.4. The SMILES string of the molecule is O=C(c1ccncc1C(F)(F)F)N1CCC(n2cccn2)C1. The number of likely N-dealkylation sites (tertiary alicyclic amines) is 1. The van der Waals surface area contributed by atoms with Crippen molar-refractivity contribution < 1.29 is 18.0 Å². The first-order chi connectivity index (χ1) is 10.5. The molecule has 8 heteroatoms. The van der Waals surface area contributed by atoms with Gasteiger partial charge in [-0.2, -0.15) is 18.3 Å². The van der Waals surface area contributed by atoms with Crippen LogP contribution in [-0.4, -0.2) is 38.7 Å². The van der Waals surface area contributed by atoms with Crippen LogP contribution in [0.3, 0.4) is 0 Å². The average Bonchev–Trinajstić information content (AvgIpc) is 3.16. The Kier molecular flexibility index (Phi) is 3.59. The number of nitrogens with zero attached hydrogens (tertiary/aromatic N) is 4. The van der Waals surface area contributed by atoms with E-state index in [9.17, 15) is 18.0 Å². The van der Waals surface area contributed by atoms with Crippen LogP contribution in [0.4, 0.5) is 13.2 Å². The van der Waals surface area contributed by atoms with Crippen LogP contribution >= 0.6 is 0 Å². The molecule has 1 atom stereocenters. The van der Waals surface area contributed by atoms with Gasteiger partial charge in [-0.15, -0.1) is 0 Å². The third kappa shape index (κ3) is 2.68. The summed E-state index contributed by atoms with van der Waals surface area (Å²) >= 11 is 0. The lowest BCUT2D eigenvalue weighted by atomic mass is 10.1. The Bertz CT molecular complexity index is 669. The zero-order valence-electron chi connectivity index (χ0n) is 11.5. The van der Waals surface area contributed by atoms with Crippen molar-refractivity contribution in [3.8, 4) is 0 Å². The molecule has 3 rings (SSSR count). The summed E-state index contributed by atoms with van der Waals surface area (Å²) in [6, 6.07) is 2.89. The van der Waals surface area contributed by atoms with E-state index < -0.39 is 17.6 Å². The molecule has 1 aliphatic heterocycles. The highest BCUT2D eigenvalue weighted by Crippen LogP contribution is 2.32. The molecule has 116 valence electrons. The van der Waals surface area contributed by atoms with Gasteiger partial charge in [0.15, 0.2) is 0 Å². The van der Waals surface area contributed by atoms with Crippen molar-refractivity contribution in [2.75, 3.05) is 13.1 Å². The maximum absolute atomic E-state index is 13.0. The molecule has 22 heavy (non-hydrogen) atoms. The third-order valence-electron chi connectivity index (χ3n) is 3.71. The number of carbonyl (C=O) groups is 1. The van der Waals surface area contributed by atoms with Gasteiger partial charge in [0.25, 0.3) is 5.91 Å². The van der Waals surface area contributed by atoms with Gasteiger partial charge in [0.2, 0.25) is 0 Å². The predicted molar refractivity (Wildman–Crippen MR) is 71.0 cm³/mol. The summed E-state index contributed by atoms with van der Waals surface area (Å²) in [6.07, 6.45) is 1.37. The smallest absolute Gasteiger partial charge is 0.336 e. The number of carbonyl (C=O) groups excluding carboxylic acids is 1. The monoisotopic (exact) mass is 310 g/mol. The number of rotatable bonds is 2. The molecule has 2 aromatic heterocycles. The van der Waals surface area contributed by atoms with E-state index in [0.717, 1.165) is 6.07 Å². The van der Waals surface area contributed by atoms with Gasteiger partial charge in [-0.1, -0.05) is 0 Å². The summed E-state index contributed by atoms with van der Waals surface area (Å²) in [4.78, 5) is 17.3. The minimum Gasteiger partial charge on any atom is -0.336 e. The Balaban J connectivity index is 1.81. The third-order valence-corrected chi connectivity index (χ3v) is 3.71. The number of aromatic nitrogens is 3. The fourth-order valence-electron chi connectivity index (χ4n) is 2.62. The number of hydrogen-bond acceptors (Lipinski definition) is 3. The van der Waals surface area contributed by atoms with E-state index in [0.29, 0.717) is 25.7 Å². The largest absolute Gasteiger partial charge is 0.418 e. The zero-order valence-corrected chi connectivity index (χ0v) is 11.5. The lowest BCUT2D eigenvalue weighted by Gasteiger charge is -2.19. The summed E-state index contributed by atoms with van der Waals surface area (Å²) in [5.74, 6) is -0.621. The molecule has 1 amide bonds. The minimum atomic E-state index is -4.60. The molecule has 1 fully saturated rings. The predicted octanol–water partition coefficient (Wildman–Crippen LogP) is 2.38. The first-order valence-electron chi connectivity index (χ1n) is 6.76. The summed E-state index contributed by atoms with van der Waals surface area (Å²) < 4.78 is 40.6. The molecule has 5 nitrogen and oxygen atoms in total. The molecule has 1 aliphatic rings. The Morgan fingerprint density at radius 2 is 2.14 bits per heavy atom. The Morgan fingerprint density at radius 1 is 1.32 bits per heavy atom. The van der Waals surface area contributed by atoms with Crippen molar-refractivity contribution in [2.24, 2.45) is 0 Å². The molecule has 0 aliphatic carbocycles. The van der Waals surface area contributed by atoms with E-state index in [4.69, 9.17) is 0 Å². The maximum atomic E-state index is 13.0. The van der Waals surface area contributed by atoms with Crippen molar-refractivity contribution in [3.63, 3.8) is 0 Å². The molecule has 0 saturated carbocycles. The Labute approximate surface area is 124 Å². The molecule has 2 aromatic rings. The van der Waals surface area contributed by atoms with Crippen molar-refractivity contribution in [1.82, 2.24) is 19.7 Å². The standard InChI is InChI=1S/C14H13F3N4O/c15-14(16,17)12-8-18-5-2-11(12)13(22)20-7-3-10(9-20)21-6-1-4-19-21/h1-2,4-6,8,10H,3,7,9H2. The number of amides is 1. The molecule has 1 saturated heterocycles. The number of pyridine rings is 1. The van der Waals surface area contributed by atoms with Crippen molar-refractivity contribution in [3.05, 3.63) is 48.0 Å². The van der Waals surface area contributed by atoms with Crippen LogP contribution < -0.4 is 0 Å². The lowest BCUT2D eigenvalue weighted by molar-refractivity contribution is -0.138. The summed E-state index contributed by atoms with van der Waals surface area (Å²) in [5, 5.41) is 4.11. The van der Waals surface area contributed by atoms with Crippen LogP contribution in [0.2, 0.25) is 0 Å². The van der Waals surface area contributed by atoms with Crippen LogP contribution in [0.5, 0.6) is 0 Å². The van der Waals surface area contributed by atoms with E-state index in [1.54, 1.807) is 23.1 Å². The summed E-state index contributed by atoms with van der Waals surface area (Å²) in [6.45, 7) is 0.753. The topological polar surface area (TPSA) is 51.0 Å². The molecule has 0 N–H and O–H groups in total. The normalized spacial score (nSPS) is 18.7. The van der Waals surface area contributed by atoms with Crippen LogP contribution in [0, 0.1) is 0 Å². The van der Waals surface area contributed by atoms with Gasteiger partial charge in [-0.05, 0) is 18.6 Å². The second-order valence-corrected chi connectivity index (χ2v) is 5.10. The molecular weight excluding hydrogens is 297 g/mol. The second kappa shape index (κ2) is 5.43.